The predicted molar refractivity (Wildman–Crippen MR) is 78.6 cm³/mol. The average molecular weight is 268 g/mol. The molecule has 0 spiro atoms. The number of guanidine groups is 1. The van der Waals surface area contributed by atoms with Crippen molar-refractivity contribution in [3.8, 4) is 0 Å². The maximum Gasteiger partial charge on any atom is 0.191 e. The lowest BCUT2D eigenvalue weighted by Gasteiger charge is -2.43. The smallest absolute Gasteiger partial charge is 0.191 e. The topological polar surface area (TPSA) is 48.9 Å². The summed E-state index contributed by atoms with van der Waals surface area (Å²) in [6.45, 7) is 3.69. The first kappa shape index (κ1) is 14.6. The second-order valence-electron chi connectivity index (χ2n) is 5.98. The molecule has 1 saturated heterocycles. The fourth-order valence-corrected chi connectivity index (χ4v) is 2.57. The van der Waals surface area contributed by atoms with Gasteiger partial charge in [0.1, 0.15) is 0 Å². The minimum Gasteiger partial charge on any atom is -0.381 e. The van der Waals surface area contributed by atoms with E-state index < -0.39 is 0 Å². The Labute approximate surface area is 116 Å². The molecular formula is C14H28N4O. The molecular weight excluding hydrogens is 240 g/mol. The maximum absolute atomic E-state index is 5.49. The van der Waals surface area contributed by atoms with Gasteiger partial charge in [0.2, 0.25) is 0 Å². The molecule has 0 aromatic heterocycles. The number of likely N-dealkylation sites (N-methyl/N-ethyl adjacent to an activating group) is 1. The van der Waals surface area contributed by atoms with E-state index in [0.717, 1.165) is 51.0 Å². The van der Waals surface area contributed by atoms with Crippen LogP contribution in [0, 0.1) is 5.92 Å². The fraction of sp³-hybridized carbons (Fsp3) is 0.929. The van der Waals surface area contributed by atoms with Gasteiger partial charge in [0.25, 0.3) is 0 Å². The van der Waals surface area contributed by atoms with Crippen LogP contribution in [-0.2, 0) is 4.74 Å². The summed E-state index contributed by atoms with van der Waals surface area (Å²) in [6, 6.07) is 0. The number of hydrogen-bond donors (Lipinski definition) is 2. The molecule has 2 aliphatic rings. The van der Waals surface area contributed by atoms with Crippen LogP contribution in [0.2, 0.25) is 0 Å². The highest BCUT2D eigenvalue weighted by molar-refractivity contribution is 5.79. The Balaban J connectivity index is 1.82. The van der Waals surface area contributed by atoms with E-state index in [-0.39, 0.29) is 5.54 Å². The Kier molecular flexibility index (Phi) is 5.05. The van der Waals surface area contributed by atoms with Crippen molar-refractivity contribution in [1.82, 2.24) is 15.5 Å². The summed E-state index contributed by atoms with van der Waals surface area (Å²) in [5.74, 6) is 1.80. The molecule has 5 heteroatoms. The summed E-state index contributed by atoms with van der Waals surface area (Å²) in [7, 11) is 6.16. The number of nitrogens with one attached hydrogen (secondary N) is 2. The Morgan fingerprint density at radius 3 is 2.47 bits per heavy atom. The van der Waals surface area contributed by atoms with Gasteiger partial charge >= 0.3 is 0 Å². The molecule has 0 amide bonds. The van der Waals surface area contributed by atoms with Crippen molar-refractivity contribution >= 4 is 5.96 Å². The zero-order valence-corrected chi connectivity index (χ0v) is 12.5. The average Bonchev–Trinajstić information content (AvgIpc) is 3.24. The molecule has 0 atom stereocenters. The van der Waals surface area contributed by atoms with E-state index in [1.807, 2.05) is 7.05 Å². The Morgan fingerprint density at radius 1 is 1.26 bits per heavy atom. The van der Waals surface area contributed by atoms with Crippen LogP contribution in [0.5, 0.6) is 0 Å². The minimum absolute atomic E-state index is 0.190. The van der Waals surface area contributed by atoms with Crippen molar-refractivity contribution in [1.29, 1.82) is 0 Å². The maximum atomic E-state index is 5.49. The summed E-state index contributed by atoms with van der Waals surface area (Å²) in [4.78, 5) is 6.64. The largest absolute Gasteiger partial charge is 0.381 e. The molecule has 1 saturated carbocycles. The summed E-state index contributed by atoms with van der Waals surface area (Å²) in [5.41, 5.74) is 0.190. The third-order valence-corrected chi connectivity index (χ3v) is 4.44. The second-order valence-corrected chi connectivity index (χ2v) is 5.98. The van der Waals surface area contributed by atoms with Gasteiger partial charge in [-0.2, -0.15) is 0 Å². The van der Waals surface area contributed by atoms with Crippen LogP contribution in [0.3, 0.4) is 0 Å². The zero-order chi connectivity index (χ0) is 13.7. The molecule has 2 rings (SSSR count). The third kappa shape index (κ3) is 4.08. The molecule has 0 radical (unpaired) electrons. The van der Waals surface area contributed by atoms with Gasteiger partial charge < -0.3 is 20.3 Å². The van der Waals surface area contributed by atoms with Gasteiger partial charge in [0, 0.05) is 38.9 Å². The van der Waals surface area contributed by atoms with Crippen LogP contribution in [-0.4, -0.2) is 63.8 Å². The Hall–Kier alpha value is -0.810. The monoisotopic (exact) mass is 268 g/mol. The molecule has 2 N–H and O–H groups in total. The van der Waals surface area contributed by atoms with Crippen molar-refractivity contribution in [3.63, 3.8) is 0 Å². The molecule has 19 heavy (non-hydrogen) atoms. The number of hydrogen-bond acceptors (Lipinski definition) is 3. The highest BCUT2D eigenvalue weighted by Crippen LogP contribution is 2.27. The van der Waals surface area contributed by atoms with Crippen molar-refractivity contribution < 1.29 is 4.74 Å². The Bertz CT molecular complexity index is 307. The van der Waals surface area contributed by atoms with E-state index >= 15 is 0 Å². The normalized spacial score (nSPS) is 23.5. The van der Waals surface area contributed by atoms with Gasteiger partial charge in [-0.1, -0.05) is 0 Å². The van der Waals surface area contributed by atoms with Crippen LogP contribution >= 0.6 is 0 Å². The molecule has 0 unspecified atom stereocenters. The third-order valence-electron chi connectivity index (χ3n) is 4.44. The summed E-state index contributed by atoms with van der Waals surface area (Å²) in [5, 5.41) is 6.90. The summed E-state index contributed by atoms with van der Waals surface area (Å²) < 4.78 is 5.49. The molecule has 1 heterocycles. The van der Waals surface area contributed by atoms with Crippen LogP contribution in [0.15, 0.2) is 4.99 Å². The van der Waals surface area contributed by atoms with Crippen LogP contribution in [0.1, 0.15) is 25.7 Å². The number of nitrogens with zero attached hydrogens (tertiary/aromatic N) is 2. The van der Waals surface area contributed by atoms with E-state index in [1.165, 1.54) is 12.8 Å². The molecule has 0 aromatic carbocycles. The zero-order valence-electron chi connectivity index (χ0n) is 12.5. The van der Waals surface area contributed by atoms with Gasteiger partial charge in [-0.3, -0.25) is 4.99 Å². The van der Waals surface area contributed by atoms with Gasteiger partial charge in [-0.15, -0.1) is 0 Å². The molecule has 1 aliphatic heterocycles. The highest BCUT2D eigenvalue weighted by atomic mass is 16.5. The van der Waals surface area contributed by atoms with Crippen molar-refractivity contribution in [2.45, 2.75) is 31.2 Å². The number of aliphatic imine (C=N–C) groups is 1. The second kappa shape index (κ2) is 6.57. The van der Waals surface area contributed by atoms with E-state index in [1.54, 1.807) is 0 Å². The minimum atomic E-state index is 0.190. The van der Waals surface area contributed by atoms with Crippen molar-refractivity contribution in [2.24, 2.45) is 10.9 Å². The quantitative estimate of drug-likeness (QED) is 0.568. The van der Waals surface area contributed by atoms with Crippen molar-refractivity contribution in [2.75, 3.05) is 47.4 Å². The molecule has 0 bridgehead atoms. The van der Waals surface area contributed by atoms with Crippen LogP contribution in [0.4, 0.5) is 0 Å². The molecule has 1 aliphatic carbocycles. The van der Waals surface area contributed by atoms with Crippen LogP contribution < -0.4 is 10.6 Å². The van der Waals surface area contributed by atoms with Gasteiger partial charge in [0.15, 0.2) is 5.96 Å². The van der Waals surface area contributed by atoms with E-state index in [9.17, 15) is 0 Å². The first-order chi connectivity index (χ1) is 9.16. The van der Waals surface area contributed by atoms with Crippen LogP contribution in [0.25, 0.3) is 0 Å². The van der Waals surface area contributed by atoms with E-state index in [2.05, 4.69) is 34.6 Å². The lowest BCUT2D eigenvalue weighted by Crippen LogP contribution is -2.57. The molecule has 110 valence electrons. The SMILES string of the molecule is CN=C(NCC1CC1)NCC1(N(C)C)CCOCC1. The van der Waals surface area contributed by atoms with Crippen molar-refractivity contribution in [3.05, 3.63) is 0 Å². The van der Waals surface area contributed by atoms with E-state index in [4.69, 9.17) is 4.74 Å². The standard InChI is InChI=1S/C14H28N4O/c1-15-13(16-10-12-4-5-12)17-11-14(18(2)3)6-8-19-9-7-14/h12H,4-11H2,1-3H3,(H2,15,16,17). The Morgan fingerprint density at radius 2 is 1.95 bits per heavy atom. The van der Waals surface area contributed by atoms with Gasteiger partial charge in [-0.05, 0) is 45.7 Å². The molecule has 2 fully saturated rings. The van der Waals surface area contributed by atoms with Gasteiger partial charge in [-0.25, -0.2) is 0 Å². The van der Waals surface area contributed by atoms with Gasteiger partial charge in [0.05, 0.1) is 0 Å². The molecule has 5 nitrogen and oxygen atoms in total. The highest BCUT2D eigenvalue weighted by Gasteiger charge is 2.34. The summed E-state index contributed by atoms with van der Waals surface area (Å²) in [6.07, 6.45) is 4.88. The first-order valence-electron chi connectivity index (χ1n) is 7.36. The number of ether oxygens (including phenoxy) is 1. The fourth-order valence-electron chi connectivity index (χ4n) is 2.57. The molecule has 0 aromatic rings. The predicted octanol–water partition coefficient (Wildman–Crippen LogP) is 0.672. The summed E-state index contributed by atoms with van der Waals surface area (Å²) >= 11 is 0. The van der Waals surface area contributed by atoms with E-state index in [0.29, 0.717) is 0 Å². The lowest BCUT2D eigenvalue weighted by molar-refractivity contribution is -0.00501. The first-order valence-corrected chi connectivity index (χ1v) is 7.36. The lowest BCUT2D eigenvalue weighted by atomic mass is 9.88. The number of rotatable bonds is 5.